The Labute approximate surface area is 67.3 Å². The summed E-state index contributed by atoms with van der Waals surface area (Å²) < 4.78 is 0. The molecule has 0 radical (unpaired) electrons. The average Bonchev–Trinajstić information content (AvgIpc) is 2.15. The Morgan fingerprint density at radius 2 is 2.67 bits per heavy atom. The molecule has 0 bridgehead atoms. The lowest BCUT2D eigenvalue weighted by Crippen LogP contribution is -1.94. The van der Waals surface area contributed by atoms with Crippen molar-refractivity contribution in [2.24, 2.45) is 0 Å². The van der Waals surface area contributed by atoms with Crippen molar-refractivity contribution in [3.8, 4) is 0 Å². The van der Waals surface area contributed by atoms with Gasteiger partial charge >= 0.3 is 0 Å². The van der Waals surface area contributed by atoms with Gasteiger partial charge in [-0.15, -0.1) is 11.3 Å². The zero-order valence-corrected chi connectivity index (χ0v) is 7.58. The first-order chi connectivity index (χ1) is 4.29. The second kappa shape index (κ2) is 3.32. The summed E-state index contributed by atoms with van der Waals surface area (Å²) in [4.78, 5) is 4.69. The summed E-state index contributed by atoms with van der Waals surface area (Å²) >= 11 is 5.17. The van der Waals surface area contributed by atoms with Crippen molar-refractivity contribution in [2.75, 3.05) is 0 Å². The van der Waals surface area contributed by atoms with Crippen LogP contribution < -0.4 is 0 Å². The third-order valence-electron chi connectivity index (χ3n) is 0.939. The summed E-state index contributed by atoms with van der Waals surface area (Å²) in [5.41, 5.74) is 0. The first kappa shape index (κ1) is 7.22. The van der Waals surface area contributed by atoms with Crippen LogP contribution in [0, 0.1) is 0 Å². The number of nitrogens with zero attached hydrogens (tertiary/aromatic N) is 1. The second-order valence-corrected chi connectivity index (χ2v) is 4.45. The Morgan fingerprint density at radius 1 is 1.89 bits per heavy atom. The Morgan fingerprint density at radius 3 is 3.11 bits per heavy atom. The molecule has 1 aromatic heterocycles. The Kier molecular flexibility index (Phi) is 2.66. The van der Waals surface area contributed by atoms with Gasteiger partial charge in [0.15, 0.2) is 0 Å². The van der Waals surface area contributed by atoms with Crippen LogP contribution in [-0.2, 0) is 6.42 Å². The van der Waals surface area contributed by atoms with Gasteiger partial charge in [0.25, 0.3) is 0 Å². The van der Waals surface area contributed by atoms with Gasteiger partial charge in [-0.25, -0.2) is 4.98 Å². The monoisotopic (exact) mass is 205 g/mol. The lowest BCUT2D eigenvalue weighted by molar-refractivity contribution is 0.944. The maximum absolute atomic E-state index is 4.14. The van der Waals surface area contributed by atoms with Gasteiger partial charge in [-0.2, -0.15) is 0 Å². The predicted molar refractivity (Wildman–Crippen MR) is 44.2 cm³/mol. The molecule has 9 heavy (non-hydrogen) atoms. The molecule has 3 heteroatoms. The first-order valence-electron chi connectivity index (χ1n) is 2.81. The van der Waals surface area contributed by atoms with Gasteiger partial charge in [0.2, 0.25) is 0 Å². The minimum absolute atomic E-state index is 0.545. The molecule has 1 aromatic rings. The molecule has 0 aliphatic rings. The zero-order valence-electron chi connectivity index (χ0n) is 5.17. The maximum Gasteiger partial charge on any atom is 0.0935 e. The van der Waals surface area contributed by atoms with Gasteiger partial charge in [-0.3, -0.25) is 0 Å². The number of alkyl halides is 1. The maximum atomic E-state index is 4.14. The van der Waals surface area contributed by atoms with Gasteiger partial charge in [-0.1, -0.05) is 22.9 Å². The smallest absolute Gasteiger partial charge is 0.0935 e. The molecule has 1 heterocycles. The lowest BCUT2D eigenvalue weighted by Gasteiger charge is -1.95. The molecule has 0 aromatic carbocycles. The van der Waals surface area contributed by atoms with E-state index in [9.17, 15) is 0 Å². The van der Waals surface area contributed by atoms with Crippen LogP contribution in [0.15, 0.2) is 11.6 Å². The molecular weight excluding hydrogens is 198 g/mol. The second-order valence-electron chi connectivity index (χ2n) is 1.91. The summed E-state index contributed by atoms with van der Waals surface area (Å²) in [5.74, 6) is 0. The number of hydrogen-bond donors (Lipinski definition) is 0. The number of halogens is 1. The third kappa shape index (κ3) is 2.45. The van der Waals surface area contributed by atoms with Crippen LogP contribution >= 0.6 is 27.3 Å². The summed E-state index contributed by atoms with van der Waals surface area (Å²) in [6, 6.07) is 0. The largest absolute Gasteiger partial charge is 0.250 e. The highest BCUT2D eigenvalue weighted by molar-refractivity contribution is 9.09. The SMILES string of the molecule is CC(Br)Cc1nccs1. The molecule has 0 fully saturated rings. The molecule has 0 aliphatic heterocycles. The Balaban J connectivity index is 2.48. The van der Waals surface area contributed by atoms with E-state index in [1.165, 1.54) is 5.01 Å². The van der Waals surface area contributed by atoms with Crippen molar-refractivity contribution in [1.29, 1.82) is 0 Å². The van der Waals surface area contributed by atoms with E-state index in [0.29, 0.717) is 4.83 Å². The van der Waals surface area contributed by atoms with Crippen LogP contribution in [0.5, 0.6) is 0 Å². The predicted octanol–water partition coefficient (Wildman–Crippen LogP) is 2.47. The van der Waals surface area contributed by atoms with Crippen LogP contribution in [0.3, 0.4) is 0 Å². The van der Waals surface area contributed by atoms with E-state index < -0.39 is 0 Å². The molecule has 50 valence electrons. The van der Waals surface area contributed by atoms with E-state index in [-0.39, 0.29) is 0 Å². The summed E-state index contributed by atoms with van der Waals surface area (Å²) in [6.45, 7) is 2.13. The van der Waals surface area contributed by atoms with E-state index in [1.54, 1.807) is 11.3 Å². The third-order valence-corrected chi connectivity index (χ3v) is 2.07. The molecule has 1 atom stereocenters. The van der Waals surface area contributed by atoms with Gasteiger partial charge in [-0.05, 0) is 0 Å². The summed E-state index contributed by atoms with van der Waals surface area (Å²) in [7, 11) is 0. The lowest BCUT2D eigenvalue weighted by atomic mass is 10.4. The number of aromatic nitrogens is 1. The Bertz CT molecular complexity index is 160. The first-order valence-corrected chi connectivity index (χ1v) is 4.61. The highest BCUT2D eigenvalue weighted by Gasteiger charge is 1.99. The minimum Gasteiger partial charge on any atom is -0.250 e. The molecular formula is C6H8BrNS. The number of thiazole rings is 1. The van der Waals surface area contributed by atoms with Crippen molar-refractivity contribution >= 4 is 27.3 Å². The van der Waals surface area contributed by atoms with Crippen molar-refractivity contribution in [1.82, 2.24) is 4.98 Å². The van der Waals surface area contributed by atoms with Crippen LogP contribution in [0.2, 0.25) is 0 Å². The van der Waals surface area contributed by atoms with Crippen molar-refractivity contribution in [3.63, 3.8) is 0 Å². The van der Waals surface area contributed by atoms with E-state index in [2.05, 4.69) is 27.8 Å². The van der Waals surface area contributed by atoms with Gasteiger partial charge in [0.05, 0.1) is 5.01 Å². The normalized spacial score (nSPS) is 13.6. The number of rotatable bonds is 2. The van der Waals surface area contributed by atoms with Gasteiger partial charge in [0, 0.05) is 22.8 Å². The molecule has 0 saturated carbocycles. The van der Waals surface area contributed by atoms with Gasteiger partial charge < -0.3 is 0 Å². The average molecular weight is 206 g/mol. The fourth-order valence-corrected chi connectivity index (χ4v) is 1.86. The van der Waals surface area contributed by atoms with E-state index in [0.717, 1.165) is 6.42 Å². The fraction of sp³-hybridized carbons (Fsp3) is 0.500. The van der Waals surface area contributed by atoms with Crippen molar-refractivity contribution in [2.45, 2.75) is 18.2 Å². The van der Waals surface area contributed by atoms with Crippen LogP contribution in [0.1, 0.15) is 11.9 Å². The highest BCUT2D eigenvalue weighted by Crippen LogP contribution is 2.10. The standard InChI is InChI=1S/C6H8BrNS/c1-5(7)4-6-8-2-3-9-6/h2-3,5H,4H2,1H3. The fourth-order valence-electron chi connectivity index (χ4n) is 0.594. The van der Waals surface area contributed by atoms with Crippen molar-refractivity contribution < 1.29 is 0 Å². The van der Waals surface area contributed by atoms with E-state index >= 15 is 0 Å². The zero-order chi connectivity index (χ0) is 6.69. The van der Waals surface area contributed by atoms with Crippen molar-refractivity contribution in [3.05, 3.63) is 16.6 Å². The molecule has 0 saturated heterocycles. The summed E-state index contributed by atoms with van der Waals surface area (Å²) in [6.07, 6.45) is 2.88. The van der Waals surface area contributed by atoms with Crippen LogP contribution in [-0.4, -0.2) is 9.81 Å². The summed E-state index contributed by atoms with van der Waals surface area (Å²) in [5, 5.41) is 3.21. The van der Waals surface area contributed by atoms with E-state index in [1.807, 2.05) is 11.6 Å². The van der Waals surface area contributed by atoms with Gasteiger partial charge in [0.1, 0.15) is 0 Å². The van der Waals surface area contributed by atoms with Crippen LogP contribution in [0.4, 0.5) is 0 Å². The van der Waals surface area contributed by atoms with E-state index in [4.69, 9.17) is 0 Å². The quantitative estimate of drug-likeness (QED) is 0.677. The van der Waals surface area contributed by atoms with Crippen LogP contribution in [0.25, 0.3) is 0 Å². The Hall–Kier alpha value is 0.110. The molecule has 0 N–H and O–H groups in total. The number of hydrogen-bond acceptors (Lipinski definition) is 2. The molecule has 1 rings (SSSR count). The topological polar surface area (TPSA) is 12.9 Å². The minimum atomic E-state index is 0.545. The molecule has 0 amide bonds. The highest BCUT2D eigenvalue weighted by atomic mass is 79.9. The molecule has 1 nitrogen and oxygen atoms in total. The molecule has 0 aliphatic carbocycles. The molecule has 0 spiro atoms. The molecule has 1 unspecified atom stereocenters.